The first-order valence-corrected chi connectivity index (χ1v) is 10.1. The molecule has 1 aliphatic heterocycles. The lowest BCUT2D eigenvalue weighted by Crippen LogP contribution is -2.28. The monoisotopic (exact) mass is 395 g/mol. The minimum atomic E-state index is 0.0225. The number of benzene rings is 2. The maximum atomic E-state index is 12.6. The summed E-state index contributed by atoms with van der Waals surface area (Å²) in [6, 6.07) is 13.7. The van der Waals surface area contributed by atoms with Crippen molar-refractivity contribution in [3.05, 3.63) is 54.0 Å². The number of carbonyl (C=O) groups is 1. The molecule has 2 aromatic carbocycles. The van der Waals surface area contributed by atoms with Crippen molar-refractivity contribution < 1.29 is 14.3 Å². The summed E-state index contributed by atoms with van der Waals surface area (Å²) in [4.78, 5) is 24.3. The molecule has 4 rings (SSSR count). The molecule has 0 N–H and O–H groups in total. The molecule has 144 valence electrons. The molecule has 3 aromatic rings. The summed E-state index contributed by atoms with van der Waals surface area (Å²) in [5.74, 6) is 2.49. The number of hydrogen-bond donors (Lipinski definition) is 0. The number of carbonyl (C=O) groups excluding carboxylic acids is 1. The fourth-order valence-corrected chi connectivity index (χ4v) is 3.90. The zero-order chi connectivity index (χ0) is 19.5. The summed E-state index contributed by atoms with van der Waals surface area (Å²) in [5, 5.41) is 1.04. The summed E-state index contributed by atoms with van der Waals surface area (Å²) in [7, 11) is 1.78. The van der Waals surface area contributed by atoms with Gasteiger partial charge in [-0.3, -0.25) is 4.79 Å². The number of para-hydroxylation sites is 1. The summed E-state index contributed by atoms with van der Waals surface area (Å²) < 4.78 is 11.1. The molecule has 28 heavy (non-hydrogen) atoms. The Bertz CT molecular complexity index is 1020. The standard InChI is InChI=1S/C21H21N3O3S/c1-14-16-5-3-4-6-17(16)23-20(22-14)12-24(2)21(25)13-28-15-7-8-18-19(11-15)27-10-9-26-18/h3-8,11H,9-10,12-13H2,1-2H3. The highest BCUT2D eigenvalue weighted by Crippen LogP contribution is 2.34. The van der Waals surface area contributed by atoms with E-state index in [1.807, 2.05) is 49.4 Å². The fourth-order valence-electron chi connectivity index (χ4n) is 3.03. The summed E-state index contributed by atoms with van der Waals surface area (Å²) in [5.41, 5.74) is 1.82. The van der Waals surface area contributed by atoms with Crippen LogP contribution in [-0.2, 0) is 11.3 Å². The van der Waals surface area contributed by atoms with Crippen LogP contribution in [0.3, 0.4) is 0 Å². The van der Waals surface area contributed by atoms with Gasteiger partial charge in [0.15, 0.2) is 11.5 Å². The Balaban J connectivity index is 1.38. The Morgan fingerprint density at radius 3 is 2.75 bits per heavy atom. The van der Waals surface area contributed by atoms with Crippen molar-refractivity contribution in [2.24, 2.45) is 0 Å². The van der Waals surface area contributed by atoms with Crippen LogP contribution in [0.15, 0.2) is 47.4 Å². The number of rotatable bonds is 5. The first kappa shape index (κ1) is 18.6. The molecule has 0 saturated carbocycles. The van der Waals surface area contributed by atoms with Crippen molar-refractivity contribution in [3.8, 4) is 11.5 Å². The number of ether oxygens (including phenoxy) is 2. The van der Waals surface area contributed by atoms with Gasteiger partial charge < -0.3 is 14.4 Å². The van der Waals surface area contributed by atoms with Crippen molar-refractivity contribution in [1.82, 2.24) is 14.9 Å². The Labute approximate surface area is 167 Å². The van der Waals surface area contributed by atoms with Crippen LogP contribution in [0.4, 0.5) is 0 Å². The first-order valence-electron chi connectivity index (χ1n) is 9.09. The molecule has 2 heterocycles. The molecule has 1 aliphatic rings. The summed E-state index contributed by atoms with van der Waals surface area (Å²) >= 11 is 1.48. The largest absolute Gasteiger partial charge is 0.486 e. The third-order valence-corrected chi connectivity index (χ3v) is 5.50. The Morgan fingerprint density at radius 1 is 1.11 bits per heavy atom. The number of aryl methyl sites for hydroxylation is 1. The molecule has 0 aliphatic carbocycles. The zero-order valence-electron chi connectivity index (χ0n) is 15.8. The van der Waals surface area contributed by atoms with Crippen LogP contribution in [0.1, 0.15) is 11.5 Å². The van der Waals surface area contributed by atoms with E-state index in [0.717, 1.165) is 33.0 Å². The minimum Gasteiger partial charge on any atom is -0.486 e. The van der Waals surface area contributed by atoms with E-state index >= 15 is 0 Å². The normalized spacial score (nSPS) is 12.8. The lowest BCUT2D eigenvalue weighted by Gasteiger charge is -2.19. The molecule has 0 bridgehead atoms. The average molecular weight is 395 g/mol. The van der Waals surface area contributed by atoms with Crippen molar-refractivity contribution >= 4 is 28.6 Å². The molecule has 0 fully saturated rings. The van der Waals surface area contributed by atoms with Crippen molar-refractivity contribution in [2.45, 2.75) is 18.4 Å². The molecular weight excluding hydrogens is 374 g/mol. The quantitative estimate of drug-likeness (QED) is 0.617. The van der Waals surface area contributed by atoms with Gasteiger partial charge in [-0.2, -0.15) is 0 Å². The maximum Gasteiger partial charge on any atom is 0.233 e. The lowest BCUT2D eigenvalue weighted by molar-refractivity contribution is -0.127. The second-order valence-electron chi connectivity index (χ2n) is 6.59. The highest BCUT2D eigenvalue weighted by atomic mass is 32.2. The van der Waals surface area contributed by atoms with Gasteiger partial charge in [0.1, 0.15) is 19.0 Å². The molecule has 0 saturated heterocycles. The third-order valence-electron chi connectivity index (χ3n) is 4.52. The van der Waals surface area contributed by atoms with Crippen LogP contribution < -0.4 is 9.47 Å². The van der Waals surface area contributed by atoms with Gasteiger partial charge in [0, 0.05) is 23.0 Å². The number of thioether (sulfide) groups is 1. The van der Waals surface area contributed by atoms with Crippen molar-refractivity contribution in [3.63, 3.8) is 0 Å². The topological polar surface area (TPSA) is 64.6 Å². The summed E-state index contributed by atoms with van der Waals surface area (Å²) in [6.07, 6.45) is 0. The minimum absolute atomic E-state index is 0.0225. The van der Waals surface area contributed by atoms with E-state index in [4.69, 9.17) is 9.47 Å². The maximum absolute atomic E-state index is 12.6. The highest BCUT2D eigenvalue weighted by Gasteiger charge is 2.15. The predicted molar refractivity (Wildman–Crippen MR) is 109 cm³/mol. The second kappa shape index (κ2) is 8.06. The van der Waals surface area contributed by atoms with Gasteiger partial charge in [0.2, 0.25) is 5.91 Å². The van der Waals surface area contributed by atoms with Gasteiger partial charge in [-0.1, -0.05) is 18.2 Å². The SMILES string of the molecule is Cc1nc(CN(C)C(=O)CSc2ccc3c(c2)OCCO3)nc2ccccc12. The second-order valence-corrected chi connectivity index (χ2v) is 7.64. The van der Waals surface area contributed by atoms with Gasteiger partial charge in [-0.05, 0) is 31.2 Å². The van der Waals surface area contributed by atoms with E-state index < -0.39 is 0 Å². The fraction of sp³-hybridized carbons (Fsp3) is 0.286. The van der Waals surface area contributed by atoms with Gasteiger partial charge in [0.25, 0.3) is 0 Å². The van der Waals surface area contributed by atoms with Crippen LogP contribution >= 0.6 is 11.8 Å². The van der Waals surface area contributed by atoms with Crippen LogP contribution in [0, 0.1) is 6.92 Å². The van der Waals surface area contributed by atoms with Gasteiger partial charge in [-0.15, -0.1) is 11.8 Å². The van der Waals surface area contributed by atoms with Crippen LogP contribution in [0.25, 0.3) is 10.9 Å². The zero-order valence-corrected chi connectivity index (χ0v) is 16.7. The van der Waals surface area contributed by atoms with Gasteiger partial charge in [0.05, 0.1) is 17.8 Å². The van der Waals surface area contributed by atoms with E-state index in [-0.39, 0.29) is 5.91 Å². The third kappa shape index (κ3) is 4.04. The van der Waals surface area contributed by atoms with Gasteiger partial charge >= 0.3 is 0 Å². The predicted octanol–water partition coefficient (Wildman–Crippen LogP) is 3.46. The molecule has 0 unspecified atom stereocenters. The Kier molecular flexibility index (Phi) is 5.34. The van der Waals surface area contributed by atoms with Crippen LogP contribution in [-0.4, -0.2) is 46.8 Å². The van der Waals surface area contributed by atoms with E-state index in [1.54, 1.807) is 11.9 Å². The van der Waals surface area contributed by atoms with Gasteiger partial charge in [-0.25, -0.2) is 9.97 Å². The number of hydrogen-bond acceptors (Lipinski definition) is 6. The average Bonchev–Trinajstić information content (AvgIpc) is 2.72. The molecule has 7 heteroatoms. The summed E-state index contributed by atoms with van der Waals surface area (Å²) in [6.45, 7) is 3.46. The molecular formula is C21H21N3O3S. The Morgan fingerprint density at radius 2 is 1.89 bits per heavy atom. The van der Waals surface area contributed by atoms with E-state index in [1.165, 1.54) is 11.8 Å². The molecule has 0 radical (unpaired) electrons. The smallest absolute Gasteiger partial charge is 0.233 e. The van der Waals surface area contributed by atoms with Crippen molar-refractivity contribution in [1.29, 1.82) is 0 Å². The number of fused-ring (bicyclic) bond motifs is 2. The van der Waals surface area contributed by atoms with Crippen LogP contribution in [0.2, 0.25) is 0 Å². The lowest BCUT2D eigenvalue weighted by atomic mass is 10.2. The number of nitrogens with zero attached hydrogens (tertiary/aromatic N) is 3. The van der Waals surface area contributed by atoms with Crippen LogP contribution in [0.5, 0.6) is 11.5 Å². The Hall–Kier alpha value is -2.80. The van der Waals surface area contributed by atoms with E-state index in [2.05, 4.69) is 9.97 Å². The molecule has 1 amide bonds. The van der Waals surface area contributed by atoms with E-state index in [0.29, 0.717) is 31.3 Å². The first-order chi connectivity index (χ1) is 13.6. The number of aromatic nitrogens is 2. The molecule has 0 atom stereocenters. The number of amides is 1. The van der Waals surface area contributed by atoms with Crippen molar-refractivity contribution in [2.75, 3.05) is 26.0 Å². The molecule has 6 nitrogen and oxygen atoms in total. The molecule has 0 spiro atoms. The molecule has 1 aromatic heterocycles. The highest BCUT2D eigenvalue weighted by molar-refractivity contribution is 8.00. The van der Waals surface area contributed by atoms with E-state index in [9.17, 15) is 4.79 Å².